The molecule has 4 rings (SSSR count). The van der Waals surface area contributed by atoms with Gasteiger partial charge in [-0.2, -0.15) is 5.10 Å². The van der Waals surface area contributed by atoms with Crippen molar-refractivity contribution in [3.05, 3.63) is 113 Å². The Kier molecular flexibility index (Phi) is 7.59. The number of nitrogens with one attached hydrogen (secondary N) is 1. The number of nitrogens with zero attached hydrogens (tertiary/aromatic N) is 3. The van der Waals surface area contributed by atoms with Crippen LogP contribution in [0.1, 0.15) is 28.1 Å². The highest BCUT2D eigenvalue weighted by Crippen LogP contribution is 2.26. The number of carbonyl (C=O) groups is 1. The summed E-state index contributed by atoms with van der Waals surface area (Å²) < 4.78 is 30.2. The van der Waals surface area contributed by atoms with E-state index in [0.717, 1.165) is 38.1 Å². The van der Waals surface area contributed by atoms with Crippen molar-refractivity contribution in [2.45, 2.75) is 32.6 Å². The first-order chi connectivity index (χ1) is 17.7. The molecule has 0 unspecified atom stereocenters. The second-order valence-corrected chi connectivity index (χ2v) is 10.8. The van der Waals surface area contributed by atoms with Crippen molar-refractivity contribution in [2.24, 2.45) is 5.10 Å². The molecule has 0 saturated carbocycles. The predicted molar refractivity (Wildman–Crippen MR) is 148 cm³/mol. The molecule has 0 fully saturated rings. The minimum Gasteiger partial charge on any atom is -0.318 e. The largest absolute Gasteiger partial charge is 0.318 e. The van der Waals surface area contributed by atoms with E-state index in [1.165, 1.54) is 12.1 Å². The average Bonchev–Trinajstić information content (AvgIpc) is 3.15. The van der Waals surface area contributed by atoms with E-state index in [4.69, 9.17) is 0 Å². The van der Waals surface area contributed by atoms with Crippen molar-refractivity contribution >= 4 is 27.8 Å². The van der Waals surface area contributed by atoms with E-state index in [2.05, 4.69) is 15.1 Å². The Balaban J connectivity index is 1.57. The zero-order chi connectivity index (χ0) is 26.6. The summed E-state index contributed by atoms with van der Waals surface area (Å²) in [7, 11) is -3.98. The molecule has 3 aromatic carbocycles. The van der Waals surface area contributed by atoms with Gasteiger partial charge in [0, 0.05) is 22.6 Å². The fourth-order valence-corrected chi connectivity index (χ4v) is 5.79. The van der Waals surface area contributed by atoms with Crippen LogP contribution in [0.4, 0.5) is 5.69 Å². The third-order valence-corrected chi connectivity index (χ3v) is 7.78. The van der Waals surface area contributed by atoms with Crippen molar-refractivity contribution in [2.75, 3.05) is 10.8 Å². The molecule has 0 atom stereocenters. The Bertz CT molecular complexity index is 1520. The van der Waals surface area contributed by atoms with Gasteiger partial charge in [-0.15, -0.1) is 0 Å². The van der Waals surface area contributed by atoms with Crippen LogP contribution in [0.25, 0.3) is 5.69 Å². The molecule has 7 nitrogen and oxygen atoms in total. The van der Waals surface area contributed by atoms with Gasteiger partial charge in [0.15, 0.2) is 0 Å². The maximum Gasteiger partial charge on any atom is 0.264 e. The summed E-state index contributed by atoms with van der Waals surface area (Å²) in [6, 6.07) is 25.5. The third kappa shape index (κ3) is 5.81. The zero-order valence-corrected chi connectivity index (χ0v) is 22.2. The number of rotatable bonds is 8. The second-order valence-electron chi connectivity index (χ2n) is 8.96. The molecular weight excluding hydrogens is 484 g/mol. The van der Waals surface area contributed by atoms with Crippen molar-refractivity contribution in [3.8, 4) is 5.69 Å². The lowest BCUT2D eigenvalue weighted by Crippen LogP contribution is -2.39. The molecule has 1 amide bonds. The molecule has 0 aliphatic heterocycles. The zero-order valence-electron chi connectivity index (χ0n) is 21.3. The van der Waals surface area contributed by atoms with E-state index in [-0.39, 0.29) is 4.90 Å². The highest BCUT2D eigenvalue weighted by Gasteiger charge is 2.27. The summed E-state index contributed by atoms with van der Waals surface area (Å²) in [4.78, 5) is 13.0. The minimum atomic E-state index is -3.98. The molecule has 0 aliphatic rings. The van der Waals surface area contributed by atoms with E-state index in [0.29, 0.717) is 5.69 Å². The molecule has 0 saturated heterocycles. The summed E-state index contributed by atoms with van der Waals surface area (Å²) in [5.41, 5.74) is 8.62. The van der Waals surface area contributed by atoms with Crippen LogP contribution in [0.15, 0.2) is 94.9 Å². The lowest BCUT2D eigenvalue weighted by molar-refractivity contribution is -0.119. The van der Waals surface area contributed by atoms with Crippen LogP contribution in [-0.2, 0) is 14.8 Å². The minimum absolute atomic E-state index is 0.110. The summed E-state index contributed by atoms with van der Waals surface area (Å²) >= 11 is 0. The van der Waals surface area contributed by atoms with Crippen molar-refractivity contribution in [1.29, 1.82) is 0 Å². The van der Waals surface area contributed by atoms with Gasteiger partial charge < -0.3 is 4.57 Å². The van der Waals surface area contributed by atoms with Gasteiger partial charge in [-0.25, -0.2) is 13.8 Å². The van der Waals surface area contributed by atoms with E-state index in [9.17, 15) is 13.2 Å². The number of hydrazone groups is 1. The average molecular weight is 515 g/mol. The van der Waals surface area contributed by atoms with Crippen LogP contribution in [-0.4, -0.2) is 31.7 Å². The molecule has 0 radical (unpaired) electrons. The lowest BCUT2D eigenvalue weighted by Gasteiger charge is -2.24. The van der Waals surface area contributed by atoms with Gasteiger partial charge in [0.1, 0.15) is 6.54 Å². The van der Waals surface area contributed by atoms with Gasteiger partial charge in [0.05, 0.1) is 16.8 Å². The van der Waals surface area contributed by atoms with Gasteiger partial charge in [-0.1, -0.05) is 42.5 Å². The summed E-state index contributed by atoms with van der Waals surface area (Å²) in [6.45, 7) is 7.35. The van der Waals surface area contributed by atoms with Gasteiger partial charge in [-0.3, -0.25) is 9.10 Å². The number of aromatic nitrogens is 1. The molecule has 37 heavy (non-hydrogen) atoms. The monoisotopic (exact) mass is 514 g/mol. The van der Waals surface area contributed by atoms with Gasteiger partial charge in [0.2, 0.25) is 0 Å². The summed E-state index contributed by atoms with van der Waals surface area (Å²) in [5.74, 6) is -0.549. The Morgan fingerprint density at radius 3 is 2.11 bits per heavy atom. The van der Waals surface area contributed by atoms with Gasteiger partial charge in [0.25, 0.3) is 15.9 Å². The van der Waals surface area contributed by atoms with Crippen molar-refractivity contribution in [1.82, 2.24) is 9.99 Å². The van der Waals surface area contributed by atoms with E-state index >= 15 is 0 Å². The lowest BCUT2D eigenvalue weighted by atomic mass is 10.1. The Morgan fingerprint density at radius 2 is 1.49 bits per heavy atom. The topological polar surface area (TPSA) is 83.8 Å². The first-order valence-electron chi connectivity index (χ1n) is 11.9. The first-order valence-corrected chi connectivity index (χ1v) is 13.3. The Labute approximate surface area is 218 Å². The predicted octanol–water partition coefficient (Wildman–Crippen LogP) is 5.06. The standard InChI is InChI=1S/C29H30N4O3S/c1-21-15-22(2)17-27(16-21)32(37(35,36)28-13-9-6-10-14-28)20-29(34)31-30-19-25-18-23(3)33(24(25)4)26-11-7-5-8-12-26/h5-19H,20H2,1-4H3,(H,31,34)/b30-19-. The maximum atomic E-state index is 13.5. The van der Waals surface area contributed by atoms with Crippen LogP contribution in [0, 0.1) is 27.7 Å². The number of carbonyl (C=O) groups excluding carboxylic acids is 1. The number of amides is 1. The van der Waals surface area contributed by atoms with Gasteiger partial charge in [-0.05, 0) is 81.3 Å². The molecule has 0 aliphatic carbocycles. The number of sulfonamides is 1. The molecule has 1 heterocycles. The summed E-state index contributed by atoms with van der Waals surface area (Å²) in [5, 5.41) is 4.13. The molecular formula is C29H30N4O3S. The van der Waals surface area contributed by atoms with Gasteiger partial charge >= 0.3 is 0 Å². The van der Waals surface area contributed by atoms with Crippen molar-refractivity contribution < 1.29 is 13.2 Å². The fourth-order valence-electron chi connectivity index (χ4n) is 4.36. The molecule has 4 aromatic rings. The Hall–Kier alpha value is -4.17. The molecule has 0 bridgehead atoms. The quantitative estimate of drug-likeness (QED) is 0.264. The Morgan fingerprint density at radius 1 is 0.892 bits per heavy atom. The normalized spacial score (nSPS) is 11.6. The highest BCUT2D eigenvalue weighted by atomic mass is 32.2. The van der Waals surface area contributed by atoms with E-state index in [1.54, 1.807) is 36.5 Å². The summed E-state index contributed by atoms with van der Waals surface area (Å²) in [6.07, 6.45) is 1.58. The van der Waals surface area contributed by atoms with E-state index < -0.39 is 22.5 Å². The fraction of sp³-hybridized carbons (Fsp3) is 0.172. The first kappa shape index (κ1) is 25.9. The SMILES string of the molecule is Cc1cc(C)cc(N(CC(=O)N/N=C\c2cc(C)n(-c3ccccc3)c2C)S(=O)(=O)c2ccccc2)c1. The van der Waals surface area contributed by atoms with Crippen LogP contribution >= 0.6 is 0 Å². The number of aryl methyl sites for hydroxylation is 3. The van der Waals surface area contributed by atoms with Crippen molar-refractivity contribution in [3.63, 3.8) is 0 Å². The number of anilines is 1. The molecule has 190 valence electrons. The number of benzene rings is 3. The molecule has 1 aromatic heterocycles. The highest BCUT2D eigenvalue weighted by molar-refractivity contribution is 7.92. The smallest absolute Gasteiger partial charge is 0.264 e. The molecule has 0 spiro atoms. The number of hydrogen-bond acceptors (Lipinski definition) is 4. The number of para-hydroxylation sites is 1. The van der Waals surface area contributed by atoms with Crippen LogP contribution < -0.4 is 9.73 Å². The van der Waals surface area contributed by atoms with E-state index in [1.807, 2.05) is 70.2 Å². The number of hydrogen-bond donors (Lipinski definition) is 1. The van der Waals surface area contributed by atoms with Crippen LogP contribution in [0.3, 0.4) is 0 Å². The molecule has 8 heteroatoms. The van der Waals surface area contributed by atoms with Crippen LogP contribution in [0.5, 0.6) is 0 Å². The maximum absolute atomic E-state index is 13.5. The molecule has 1 N–H and O–H groups in total. The third-order valence-electron chi connectivity index (χ3n) is 5.99. The van der Waals surface area contributed by atoms with Crippen LogP contribution in [0.2, 0.25) is 0 Å². The second kappa shape index (κ2) is 10.8.